The van der Waals surface area contributed by atoms with Crippen molar-refractivity contribution in [1.82, 2.24) is 4.98 Å². The first-order valence-corrected chi connectivity index (χ1v) is 11.4. The molecule has 35 heavy (non-hydrogen) atoms. The van der Waals surface area contributed by atoms with Gasteiger partial charge in [0.15, 0.2) is 11.6 Å². The number of rotatable bonds is 12. The molecule has 186 valence electrons. The molecule has 0 saturated heterocycles. The van der Waals surface area contributed by atoms with Crippen molar-refractivity contribution in [2.75, 3.05) is 32.8 Å². The number of hydrogen-bond acceptors (Lipinski definition) is 7. The van der Waals surface area contributed by atoms with Crippen LogP contribution in [0, 0.1) is 5.82 Å². The van der Waals surface area contributed by atoms with Crippen LogP contribution < -0.4 is 19.1 Å². The lowest BCUT2D eigenvalue weighted by Crippen LogP contribution is -2.25. The minimum atomic E-state index is -0.494. The van der Waals surface area contributed by atoms with Crippen LogP contribution in [0.5, 0.6) is 17.4 Å². The Morgan fingerprint density at radius 2 is 1.43 bits per heavy atom. The third-order valence-corrected chi connectivity index (χ3v) is 5.46. The van der Waals surface area contributed by atoms with Gasteiger partial charge in [0.1, 0.15) is 11.5 Å². The molecule has 0 aliphatic carbocycles. The lowest BCUT2D eigenvalue weighted by Gasteiger charge is -2.25. The summed E-state index contributed by atoms with van der Waals surface area (Å²) in [5, 5.41) is 0. The lowest BCUT2D eigenvalue weighted by atomic mass is 10.1. The van der Waals surface area contributed by atoms with E-state index in [4.69, 9.17) is 18.9 Å². The topological polar surface area (TPSA) is 70.1 Å². The highest BCUT2D eigenvalue weighted by atomic mass is 19.1. The van der Waals surface area contributed by atoms with E-state index in [-0.39, 0.29) is 30.5 Å². The van der Waals surface area contributed by atoms with Gasteiger partial charge in [0.2, 0.25) is 5.88 Å². The van der Waals surface area contributed by atoms with Gasteiger partial charge < -0.3 is 23.8 Å². The summed E-state index contributed by atoms with van der Waals surface area (Å²) in [5.74, 6) is 1.08. The molecule has 0 N–H and O–H groups in total. The first kappa shape index (κ1) is 25.8. The Bertz CT molecular complexity index is 1050. The van der Waals surface area contributed by atoms with Crippen LogP contribution in [-0.2, 0) is 29.0 Å². The SMILES string of the molecule is CCOC(=O)CCc1cc(F)c(N(Cc2ccc(OC)cc2)Cc2ccc(OC)cc2)nc1OC. The highest BCUT2D eigenvalue weighted by Crippen LogP contribution is 2.29. The molecule has 2 aromatic carbocycles. The van der Waals surface area contributed by atoms with Crippen molar-refractivity contribution in [1.29, 1.82) is 0 Å². The largest absolute Gasteiger partial charge is 0.497 e. The van der Waals surface area contributed by atoms with Crippen molar-refractivity contribution in [3.8, 4) is 17.4 Å². The number of esters is 1. The van der Waals surface area contributed by atoms with Crippen LogP contribution in [0.3, 0.4) is 0 Å². The number of nitrogens with zero attached hydrogens (tertiary/aromatic N) is 2. The molecule has 0 bridgehead atoms. The highest BCUT2D eigenvalue weighted by molar-refractivity contribution is 5.69. The number of carbonyl (C=O) groups excluding carboxylic acids is 1. The van der Waals surface area contributed by atoms with Gasteiger partial charge in [-0.3, -0.25) is 4.79 Å². The number of halogens is 1. The molecule has 0 unspecified atom stereocenters. The number of aryl methyl sites for hydroxylation is 1. The van der Waals surface area contributed by atoms with Gasteiger partial charge in [0.25, 0.3) is 0 Å². The number of carbonyl (C=O) groups is 1. The van der Waals surface area contributed by atoms with E-state index in [1.807, 2.05) is 53.4 Å². The summed E-state index contributed by atoms with van der Waals surface area (Å²) in [6.07, 6.45) is 0.384. The van der Waals surface area contributed by atoms with Gasteiger partial charge in [-0.25, -0.2) is 4.39 Å². The molecule has 0 saturated carbocycles. The monoisotopic (exact) mass is 482 g/mol. The smallest absolute Gasteiger partial charge is 0.306 e. The fraction of sp³-hybridized carbons (Fsp3) is 0.333. The van der Waals surface area contributed by atoms with Gasteiger partial charge >= 0.3 is 5.97 Å². The van der Waals surface area contributed by atoms with Crippen molar-refractivity contribution in [3.05, 3.63) is 77.1 Å². The zero-order chi connectivity index (χ0) is 25.2. The molecule has 0 spiro atoms. The van der Waals surface area contributed by atoms with Crippen LogP contribution in [0.25, 0.3) is 0 Å². The predicted molar refractivity (Wildman–Crippen MR) is 132 cm³/mol. The molecular formula is C27H31FN2O5. The van der Waals surface area contributed by atoms with Gasteiger partial charge in [-0.05, 0) is 54.8 Å². The number of ether oxygens (including phenoxy) is 4. The fourth-order valence-electron chi connectivity index (χ4n) is 3.66. The van der Waals surface area contributed by atoms with Gasteiger partial charge in [0.05, 0.1) is 27.9 Å². The summed E-state index contributed by atoms with van der Waals surface area (Å²) in [7, 11) is 4.70. The normalized spacial score (nSPS) is 10.5. The van der Waals surface area contributed by atoms with Gasteiger partial charge in [0, 0.05) is 25.1 Å². The number of methoxy groups -OCH3 is 3. The summed E-state index contributed by atoms with van der Waals surface area (Å²) < 4.78 is 36.3. The predicted octanol–water partition coefficient (Wildman–Crippen LogP) is 4.95. The number of aromatic nitrogens is 1. The molecule has 3 aromatic rings. The van der Waals surface area contributed by atoms with Crippen LogP contribution in [0.1, 0.15) is 30.0 Å². The molecule has 7 nitrogen and oxygen atoms in total. The summed E-state index contributed by atoms with van der Waals surface area (Å²) >= 11 is 0. The minimum absolute atomic E-state index is 0.117. The maximum absolute atomic E-state index is 15.4. The summed E-state index contributed by atoms with van der Waals surface area (Å²) in [4.78, 5) is 18.1. The average molecular weight is 483 g/mol. The number of benzene rings is 2. The summed E-state index contributed by atoms with van der Waals surface area (Å²) in [6.45, 7) is 2.86. The van der Waals surface area contributed by atoms with E-state index < -0.39 is 5.82 Å². The zero-order valence-corrected chi connectivity index (χ0v) is 20.5. The second-order valence-electron chi connectivity index (χ2n) is 7.82. The Balaban J connectivity index is 1.92. The fourth-order valence-corrected chi connectivity index (χ4v) is 3.66. The Morgan fingerprint density at radius 1 is 0.886 bits per heavy atom. The molecule has 0 fully saturated rings. The van der Waals surface area contributed by atoms with E-state index in [9.17, 15) is 4.79 Å². The Hall–Kier alpha value is -3.81. The van der Waals surface area contributed by atoms with Crippen LogP contribution in [-0.4, -0.2) is 38.9 Å². The third-order valence-electron chi connectivity index (χ3n) is 5.46. The molecule has 8 heteroatoms. The summed E-state index contributed by atoms with van der Waals surface area (Å²) in [5.41, 5.74) is 2.44. The minimum Gasteiger partial charge on any atom is -0.497 e. The Kier molecular flexibility index (Phi) is 9.29. The van der Waals surface area contributed by atoms with Crippen molar-refractivity contribution >= 4 is 11.8 Å². The van der Waals surface area contributed by atoms with Gasteiger partial charge in [-0.1, -0.05) is 24.3 Å². The van der Waals surface area contributed by atoms with Crippen LogP contribution in [0.4, 0.5) is 10.2 Å². The van der Waals surface area contributed by atoms with E-state index >= 15 is 4.39 Å². The quantitative estimate of drug-likeness (QED) is 0.338. The first-order chi connectivity index (χ1) is 17.0. The Morgan fingerprint density at radius 3 is 1.89 bits per heavy atom. The van der Waals surface area contributed by atoms with Crippen LogP contribution >= 0.6 is 0 Å². The van der Waals surface area contributed by atoms with E-state index in [0.717, 1.165) is 22.6 Å². The van der Waals surface area contributed by atoms with Crippen LogP contribution in [0.2, 0.25) is 0 Å². The molecule has 0 atom stereocenters. The molecule has 3 rings (SSSR count). The van der Waals surface area contributed by atoms with Gasteiger partial charge in [-0.2, -0.15) is 4.98 Å². The number of pyridine rings is 1. The molecule has 0 amide bonds. The van der Waals surface area contributed by atoms with Crippen molar-refractivity contribution in [2.45, 2.75) is 32.9 Å². The second-order valence-corrected chi connectivity index (χ2v) is 7.82. The third kappa shape index (κ3) is 7.09. The van der Waals surface area contributed by atoms with Gasteiger partial charge in [-0.15, -0.1) is 0 Å². The van der Waals surface area contributed by atoms with E-state index in [2.05, 4.69) is 4.98 Å². The highest BCUT2D eigenvalue weighted by Gasteiger charge is 2.20. The average Bonchev–Trinajstić information content (AvgIpc) is 2.88. The van der Waals surface area contributed by atoms with Crippen molar-refractivity contribution in [3.63, 3.8) is 0 Å². The lowest BCUT2D eigenvalue weighted by molar-refractivity contribution is -0.143. The second kappa shape index (κ2) is 12.6. The first-order valence-electron chi connectivity index (χ1n) is 11.4. The van der Waals surface area contributed by atoms with E-state index in [1.54, 1.807) is 21.1 Å². The molecular weight excluding hydrogens is 451 g/mol. The number of anilines is 1. The van der Waals surface area contributed by atoms with Crippen LogP contribution in [0.15, 0.2) is 54.6 Å². The molecule has 1 aromatic heterocycles. The van der Waals surface area contributed by atoms with E-state index in [1.165, 1.54) is 13.2 Å². The van der Waals surface area contributed by atoms with Crippen molar-refractivity contribution in [2.24, 2.45) is 0 Å². The molecule has 0 radical (unpaired) electrons. The zero-order valence-electron chi connectivity index (χ0n) is 20.5. The molecule has 1 heterocycles. The number of hydrogen-bond donors (Lipinski definition) is 0. The standard InChI is InChI=1S/C27H31FN2O5/c1-5-35-25(31)15-10-21-16-24(28)26(29-27(21)34-4)30(17-19-6-11-22(32-2)12-7-19)18-20-8-13-23(33-3)14-9-20/h6-9,11-14,16H,5,10,15,17-18H2,1-4H3. The van der Waals surface area contributed by atoms with E-state index in [0.29, 0.717) is 25.3 Å². The maximum atomic E-state index is 15.4. The summed E-state index contributed by atoms with van der Waals surface area (Å²) in [6, 6.07) is 16.6. The molecule has 0 aliphatic rings. The maximum Gasteiger partial charge on any atom is 0.306 e. The molecule has 0 aliphatic heterocycles. The Labute approximate surface area is 205 Å². The van der Waals surface area contributed by atoms with Crippen molar-refractivity contribution < 1.29 is 28.1 Å².